The molecule has 0 aromatic heterocycles. The molecule has 0 radical (unpaired) electrons. The Bertz CT molecular complexity index is 1250. The van der Waals surface area contributed by atoms with E-state index in [0.717, 1.165) is 50.7 Å². The summed E-state index contributed by atoms with van der Waals surface area (Å²) < 4.78 is 0. The van der Waals surface area contributed by atoms with Crippen molar-refractivity contribution in [2.24, 2.45) is 17.8 Å². The van der Waals surface area contributed by atoms with Crippen LogP contribution in [0.2, 0.25) is 0 Å². The molecule has 0 amide bonds. The summed E-state index contributed by atoms with van der Waals surface area (Å²) in [5.41, 5.74) is 6.15. The maximum atomic E-state index is 9.06. The largest absolute Gasteiger partial charge is 0.371 e. The van der Waals surface area contributed by atoms with E-state index in [4.69, 9.17) is 11.8 Å². The van der Waals surface area contributed by atoms with Crippen molar-refractivity contribution >= 4 is 5.69 Å². The average Bonchev–Trinajstić information content (AvgIpc) is 2.96. The van der Waals surface area contributed by atoms with Crippen molar-refractivity contribution in [1.29, 1.82) is 5.26 Å². The molecule has 3 aliphatic rings. The van der Waals surface area contributed by atoms with Crippen molar-refractivity contribution < 1.29 is 0 Å². The average molecular weight is 535 g/mol. The van der Waals surface area contributed by atoms with E-state index in [-0.39, 0.29) is 5.41 Å². The molecule has 4 heteroatoms. The fourth-order valence-electron chi connectivity index (χ4n) is 7.16. The van der Waals surface area contributed by atoms with Gasteiger partial charge in [0.2, 0.25) is 0 Å². The van der Waals surface area contributed by atoms with Gasteiger partial charge in [-0.3, -0.25) is 0 Å². The van der Waals surface area contributed by atoms with E-state index >= 15 is 0 Å². The predicted octanol–water partition coefficient (Wildman–Crippen LogP) is 6.80. The third-order valence-corrected chi connectivity index (χ3v) is 9.64. The molecular formula is C36H46N4. The van der Waals surface area contributed by atoms with E-state index in [0.29, 0.717) is 11.8 Å². The van der Waals surface area contributed by atoms with E-state index in [1.807, 2.05) is 12.1 Å². The fraction of sp³-hybridized carbons (Fsp3) is 0.472. The lowest BCUT2D eigenvalue weighted by atomic mass is 9.60. The Kier molecular flexibility index (Phi) is 8.94. The number of nitriles is 1. The van der Waals surface area contributed by atoms with Crippen LogP contribution in [0.25, 0.3) is 0 Å². The highest BCUT2D eigenvalue weighted by Crippen LogP contribution is 2.48. The van der Waals surface area contributed by atoms with Gasteiger partial charge in [0.1, 0.15) is 0 Å². The Balaban J connectivity index is 1.25. The summed E-state index contributed by atoms with van der Waals surface area (Å²) in [6.07, 6.45) is 12.6. The minimum absolute atomic E-state index is 0.0424. The number of piperidine rings is 1. The summed E-state index contributed by atoms with van der Waals surface area (Å²) in [4.78, 5) is 7.65. The molecule has 2 saturated heterocycles. The summed E-state index contributed by atoms with van der Waals surface area (Å²) in [6.45, 7) is 17.0. The first-order valence-corrected chi connectivity index (χ1v) is 15.2. The van der Waals surface area contributed by atoms with Gasteiger partial charge in [-0.1, -0.05) is 75.4 Å². The van der Waals surface area contributed by atoms with Crippen LogP contribution in [-0.4, -0.2) is 56.1 Å². The number of likely N-dealkylation sites (tertiary alicyclic amines) is 1. The van der Waals surface area contributed by atoms with Gasteiger partial charge in [0.25, 0.3) is 0 Å². The van der Waals surface area contributed by atoms with Crippen molar-refractivity contribution in [3.63, 3.8) is 0 Å². The molecule has 5 rings (SSSR count). The molecule has 3 heterocycles. The van der Waals surface area contributed by atoms with Crippen molar-refractivity contribution in [1.82, 2.24) is 9.80 Å². The van der Waals surface area contributed by atoms with E-state index in [2.05, 4.69) is 102 Å². The second-order valence-corrected chi connectivity index (χ2v) is 12.5. The standard InChI is InChI=1S/C36H46N4/c1-5-28(2)10-6-7-11-29(3)36(27-38(4)26-32-12-8-9-13-35(32)36)33-18-20-39(21-19-33)23-31-24-40(25-31)34-16-14-30(22-37)15-17-34/h6-17,28,31,33H,3,5,18-21,23-27H2,1-2,4H3/b10-6-,11-7-. The van der Waals surface area contributed by atoms with Gasteiger partial charge < -0.3 is 14.7 Å². The summed E-state index contributed by atoms with van der Waals surface area (Å²) >= 11 is 0. The number of rotatable bonds is 9. The Labute approximate surface area is 242 Å². The maximum absolute atomic E-state index is 9.06. The molecule has 2 unspecified atom stereocenters. The molecule has 4 nitrogen and oxygen atoms in total. The third kappa shape index (κ3) is 5.97. The molecule has 210 valence electrons. The van der Waals surface area contributed by atoms with Crippen LogP contribution in [0.3, 0.4) is 0 Å². The lowest BCUT2D eigenvalue weighted by molar-refractivity contribution is 0.0955. The van der Waals surface area contributed by atoms with E-state index in [1.54, 1.807) is 0 Å². The predicted molar refractivity (Wildman–Crippen MR) is 167 cm³/mol. The van der Waals surface area contributed by atoms with Crippen LogP contribution in [0.15, 0.2) is 85.0 Å². The Morgan fingerprint density at radius 2 is 1.82 bits per heavy atom. The fourth-order valence-corrected chi connectivity index (χ4v) is 7.16. The molecule has 40 heavy (non-hydrogen) atoms. The number of hydrogen-bond donors (Lipinski definition) is 0. The van der Waals surface area contributed by atoms with Gasteiger partial charge >= 0.3 is 0 Å². The Morgan fingerprint density at radius 3 is 2.52 bits per heavy atom. The van der Waals surface area contributed by atoms with Gasteiger partial charge in [0, 0.05) is 49.7 Å². The van der Waals surface area contributed by atoms with Gasteiger partial charge in [-0.25, -0.2) is 0 Å². The summed E-state index contributed by atoms with van der Waals surface area (Å²) in [5.74, 6) is 1.90. The second kappa shape index (κ2) is 12.6. The van der Waals surface area contributed by atoms with Gasteiger partial charge in [-0.15, -0.1) is 0 Å². The Morgan fingerprint density at radius 1 is 1.10 bits per heavy atom. The number of hydrogen-bond acceptors (Lipinski definition) is 4. The molecule has 0 aliphatic carbocycles. The van der Waals surface area contributed by atoms with Crippen molar-refractivity contribution in [3.05, 3.63) is 102 Å². The molecule has 2 aromatic rings. The number of allylic oxidation sites excluding steroid dienone is 4. The number of nitrogens with zero attached hydrogens (tertiary/aromatic N) is 4. The van der Waals surface area contributed by atoms with Crippen LogP contribution >= 0.6 is 0 Å². The lowest BCUT2D eigenvalue weighted by Gasteiger charge is -2.51. The number of anilines is 1. The highest BCUT2D eigenvalue weighted by Gasteiger charge is 2.47. The lowest BCUT2D eigenvalue weighted by Crippen LogP contribution is -2.55. The highest BCUT2D eigenvalue weighted by molar-refractivity contribution is 5.52. The van der Waals surface area contributed by atoms with Crippen LogP contribution in [0.1, 0.15) is 49.8 Å². The van der Waals surface area contributed by atoms with Crippen LogP contribution in [0, 0.1) is 29.1 Å². The van der Waals surface area contributed by atoms with Crippen LogP contribution < -0.4 is 4.90 Å². The SMILES string of the molecule is C=C(/C=C\C=C/C(C)CC)C1(C2CCN(CC3CN(c4ccc(C#N)cc4)C3)CC2)CN(C)Cc2ccccc21. The minimum Gasteiger partial charge on any atom is -0.371 e. The zero-order chi connectivity index (χ0) is 28.1. The first-order chi connectivity index (χ1) is 19.4. The van der Waals surface area contributed by atoms with E-state index in [9.17, 15) is 0 Å². The van der Waals surface area contributed by atoms with E-state index < -0.39 is 0 Å². The first-order valence-electron chi connectivity index (χ1n) is 15.2. The van der Waals surface area contributed by atoms with Gasteiger partial charge in [0.05, 0.1) is 11.6 Å². The molecular weight excluding hydrogens is 488 g/mol. The third-order valence-electron chi connectivity index (χ3n) is 9.64. The van der Waals surface area contributed by atoms with Crippen LogP contribution in [-0.2, 0) is 12.0 Å². The molecule has 2 aromatic carbocycles. The monoisotopic (exact) mass is 534 g/mol. The Hall–Kier alpha value is -3.13. The minimum atomic E-state index is -0.0424. The molecule has 3 aliphatic heterocycles. The molecule has 2 atom stereocenters. The van der Waals surface area contributed by atoms with E-state index in [1.165, 1.54) is 48.2 Å². The van der Waals surface area contributed by atoms with Gasteiger partial charge in [0.15, 0.2) is 0 Å². The van der Waals surface area contributed by atoms with Crippen molar-refractivity contribution in [2.75, 3.05) is 51.2 Å². The highest BCUT2D eigenvalue weighted by atomic mass is 15.2. The first kappa shape index (κ1) is 28.4. The van der Waals surface area contributed by atoms with Crippen molar-refractivity contribution in [2.45, 2.75) is 45.1 Å². The number of fused-ring (bicyclic) bond motifs is 1. The number of benzene rings is 2. The molecule has 0 N–H and O–H groups in total. The zero-order valence-electron chi connectivity index (χ0n) is 24.7. The summed E-state index contributed by atoms with van der Waals surface area (Å²) in [5, 5.41) is 9.06. The summed E-state index contributed by atoms with van der Waals surface area (Å²) in [6, 6.07) is 19.4. The smallest absolute Gasteiger partial charge is 0.0991 e. The molecule has 0 bridgehead atoms. The van der Waals surface area contributed by atoms with Crippen LogP contribution in [0.5, 0.6) is 0 Å². The molecule has 0 saturated carbocycles. The second-order valence-electron chi connectivity index (χ2n) is 12.5. The van der Waals surface area contributed by atoms with Gasteiger partial charge in [-0.2, -0.15) is 5.26 Å². The quantitative estimate of drug-likeness (QED) is 0.331. The zero-order valence-corrected chi connectivity index (χ0v) is 24.7. The molecule has 2 fully saturated rings. The van der Waals surface area contributed by atoms with Gasteiger partial charge in [-0.05, 0) is 85.8 Å². The molecule has 0 spiro atoms. The van der Waals surface area contributed by atoms with Crippen LogP contribution in [0.4, 0.5) is 5.69 Å². The number of likely N-dealkylation sites (N-methyl/N-ethyl adjacent to an activating group) is 1. The van der Waals surface area contributed by atoms with Crippen molar-refractivity contribution in [3.8, 4) is 6.07 Å². The maximum Gasteiger partial charge on any atom is 0.0991 e. The topological polar surface area (TPSA) is 33.5 Å². The normalized spacial score (nSPS) is 23.7. The summed E-state index contributed by atoms with van der Waals surface area (Å²) in [7, 11) is 2.27.